The molecule has 0 saturated carbocycles. The number of halogens is 3. The van der Waals surface area contributed by atoms with E-state index in [1.165, 1.54) is 23.1 Å². The van der Waals surface area contributed by atoms with Gasteiger partial charge in [0.05, 0.1) is 22.6 Å². The number of alkyl halides is 3. The van der Waals surface area contributed by atoms with E-state index < -0.39 is 35.9 Å². The molecule has 0 unspecified atom stereocenters. The highest BCUT2D eigenvalue weighted by Gasteiger charge is 2.33. The Morgan fingerprint density at radius 1 is 1.03 bits per heavy atom. The maximum absolute atomic E-state index is 13.0. The highest BCUT2D eigenvalue weighted by Crippen LogP contribution is 2.34. The molecule has 0 saturated heterocycles. The summed E-state index contributed by atoms with van der Waals surface area (Å²) < 4.78 is 43.9. The van der Waals surface area contributed by atoms with Gasteiger partial charge in [0, 0.05) is 19.0 Å². The minimum absolute atomic E-state index is 0.103. The van der Waals surface area contributed by atoms with Crippen LogP contribution in [0.25, 0.3) is 0 Å². The number of benzene rings is 2. The number of ether oxygens (including phenoxy) is 1. The summed E-state index contributed by atoms with van der Waals surface area (Å²) >= 11 is 1.14. The molecule has 0 spiro atoms. The van der Waals surface area contributed by atoms with Crippen LogP contribution in [0.5, 0.6) is 0 Å². The summed E-state index contributed by atoms with van der Waals surface area (Å²) in [5.41, 5.74) is -1.28. The van der Waals surface area contributed by atoms with E-state index in [9.17, 15) is 27.6 Å². The molecule has 0 fully saturated rings. The molecule has 10 heteroatoms. The lowest BCUT2D eigenvalue weighted by Crippen LogP contribution is -2.24. The number of thioether (sulfide) groups is 1. The fraction of sp³-hybridized carbons (Fsp3) is 0.250. The van der Waals surface area contributed by atoms with Gasteiger partial charge in [0.2, 0.25) is 5.91 Å². The van der Waals surface area contributed by atoms with Crippen molar-refractivity contribution in [1.29, 1.82) is 0 Å². The van der Waals surface area contributed by atoms with Crippen molar-refractivity contribution in [3.05, 3.63) is 59.7 Å². The summed E-state index contributed by atoms with van der Waals surface area (Å²) in [4.78, 5) is 38.0. The SMILES string of the molecule is CN(C)C(=O)CSc1ccccc1C(=O)OCC(=O)Nc1ccccc1C(F)(F)F. The van der Waals surface area contributed by atoms with Crippen LogP contribution in [0.3, 0.4) is 0 Å². The van der Waals surface area contributed by atoms with Gasteiger partial charge >= 0.3 is 12.1 Å². The molecule has 6 nitrogen and oxygen atoms in total. The van der Waals surface area contributed by atoms with E-state index in [0.29, 0.717) is 4.90 Å². The van der Waals surface area contributed by atoms with Crippen molar-refractivity contribution in [1.82, 2.24) is 4.90 Å². The van der Waals surface area contributed by atoms with Gasteiger partial charge in [0.25, 0.3) is 5.91 Å². The van der Waals surface area contributed by atoms with Gasteiger partial charge in [-0.25, -0.2) is 4.79 Å². The molecule has 2 aromatic rings. The second-order valence-electron chi connectivity index (χ2n) is 6.24. The van der Waals surface area contributed by atoms with Gasteiger partial charge in [0.1, 0.15) is 0 Å². The van der Waals surface area contributed by atoms with E-state index in [1.807, 2.05) is 0 Å². The van der Waals surface area contributed by atoms with E-state index in [4.69, 9.17) is 4.74 Å². The summed E-state index contributed by atoms with van der Waals surface area (Å²) in [6.07, 6.45) is -4.64. The van der Waals surface area contributed by atoms with Crippen LogP contribution in [-0.2, 0) is 20.5 Å². The topological polar surface area (TPSA) is 75.7 Å². The Morgan fingerprint density at radius 2 is 1.67 bits per heavy atom. The Labute approximate surface area is 175 Å². The molecular weight excluding hydrogens is 421 g/mol. The zero-order valence-corrected chi connectivity index (χ0v) is 17.0. The number of carbonyl (C=O) groups excluding carboxylic acids is 3. The molecular formula is C20H19F3N2O4S. The third-order valence-electron chi connectivity index (χ3n) is 3.80. The molecule has 0 aliphatic rings. The molecule has 1 N–H and O–H groups in total. The average Bonchev–Trinajstić information content (AvgIpc) is 2.70. The fourth-order valence-corrected chi connectivity index (χ4v) is 3.28. The van der Waals surface area contributed by atoms with Crippen LogP contribution in [0.2, 0.25) is 0 Å². The fourth-order valence-electron chi connectivity index (χ4n) is 2.26. The predicted octanol–water partition coefficient (Wildman–Crippen LogP) is 3.68. The number of nitrogens with one attached hydrogen (secondary N) is 1. The summed E-state index contributed by atoms with van der Waals surface area (Å²) in [5, 5.41) is 2.10. The van der Waals surface area contributed by atoms with Crippen LogP contribution in [0.15, 0.2) is 53.4 Å². The lowest BCUT2D eigenvalue weighted by Gasteiger charge is -2.14. The molecule has 30 heavy (non-hydrogen) atoms. The van der Waals surface area contributed by atoms with Crippen molar-refractivity contribution >= 4 is 35.2 Å². The molecule has 2 aromatic carbocycles. The van der Waals surface area contributed by atoms with Crippen molar-refractivity contribution < 1.29 is 32.3 Å². The summed E-state index contributed by atoms with van der Waals surface area (Å²) in [6.45, 7) is -0.763. The molecule has 0 aliphatic heterocycles. The number of amides is 2. The van der Waals surface area contributed by atoms with E-state index >= 15 is 0 Å². The number of nitrogens with zero attached hydrogens (tertiary/aromatic N) is 1. The number of carbonyl (C=O) groups is 3. The largest absolute Gasteiger partial charge is 0.452 e. The Hall–Kier alpha value is -3.01. The number of hydrogen-bond acceptors (Lipinski definition) is 5. The maximum Gasteiger partial charge on any atom is 0.418 e. The summed E-state index contributed by atoms with van der Waals surface area (Å²) in [7, 11) is 3.22. The standard InChI is InChI=1S/C20H19F3N2O4S/c1-25(2)18(27)12-30-16-10-6-3-7-13(16)19(28)29-11-17(26)24-15-9-5-4-8-14(15)20(21,22)23/h3-10H,11-12H2,1-2H3,(H,24,26). The maximum atomic E-state index is 13.0. The van der Waals surface area contributed by atoms with Gasteiger partial charge in [-0.2, -0.15) is 13.2 Å². The zero-order valence-electron chi connectivity index (χ0n) is 16.2. The minimum atomic E-state index is -4.64. The van der Waals surface area contributed by atoms with E-state index in [1.54, 1.807) is 32.3 Å². The first kappa shape index (κ1) is 23.3. The second kappa shape index (κ2) is 10.1. The van der Waals surface area contributed by atoms with Crippen molar-refractivity contribution in [2.45, 2.75) is 11.1 Å². The average molecular weight is 440 g/mol. The Kier molecular flexibility index (Phi) is 7.87. The van der Waals surface area contributed by atoms with Crippen LogP contribution in [-0.4, -0.2) is 49.1 Å². The quantitative estimate of drug-likeness (QED) is 0.525. The van der Waals surface area contributed by atoms with E-state index in [0.717, 1.165) is 23.9 Å². The third kappa shape index (κ3) is 6.51. The van der Waals surface area contributed by atoms with Crippen molar-refractivity contribution in [2.24, 2.45) is 0 Å². The van der Waals surface area contributed by atoms with Crippen LogP contribution >= 0.6 is 11.8 Å². The highest BCUT2D eigenvalue weighted by atomic mass is 32.2. The number of esters is 1. The zero-order chi connectivity index (χ0) is 22.3. The first-order chi connectivity index (χ1) is 14.1. The van der Waals surface area contributed by atoms with Crippen molar-refractivity contribution in [3.63, 3.8) is 0 Å². The normalized spacial score (nSPS) is 11.0. The number of para-hydroxylation sites is 1. The lowest BCUT2D eigenvalue weighted by molar-refractivity contribution is -0.137. The van der Waals surface area contributed by atoms with Crippen LogP contribution in [0.1, 0.15) is 15.9 Å². The summed E-state index contributed by atoms with van der Waals surface area (Å²) in [5.74, 6) is -1.78. The number of hydrogen-bond donors (Lipinski definition) is 1. The number of rotatable bonds is 7. The first-order valence-corrected chi connectivity index (χ1v) is 9.63. The van der Waals surface area contributed by atoms with Crippen LogP contribution in [0.4, 0.5) is 18.9 Å². The smallest absolute Gasteiger partial charge is 0.418 e. The van der Waals surface area contributed by atoms with Crippen LogP contribution in [0, 0.1) is 0 Å². The molecule has 160 valence electrons. The molecule has 0 bridgehead atoms. The van der Waals surface area contributed by atoms with Crippen molar-refractivity contribution in [2.75, 3.05) is 31.8 Å². The van der Waals surface area contributed by atoms with Gasteiger partial charge in [-0.3, -0.25) is 9.59 Å². The molecule has 0 heterocycles. The Balaban J connectivity index is 2.00. The lowest BCUT2D eigenvalue weighted by atomic mass is 10.1. The van der Waals surface area contributed by atoms with E-state index in [2.05, 4.69) is 5.32 Å². The Morgan fingerprint density at radius 3 is 2.33 bits per heavy atom. The van der Waals surface area contributed by atoms with Gasteiger partial charge in [-0.1, -0.05) is 24.3 Å². The molecule has 0 aromatic heterocycles. The van der Waals surface area contributed by atoms with Gasteiger partial charge in [-0.05, 0) is 24.3 Å². The summed E-state index contributed by atoms with van der Waals surface area (Å²) in [6, 6.07) is 10.9. The first-order valence-electron chi connectivity index (χ1n) is 8.64. The van der Waals surface area contributed by atoms with Crippen LogP contribution < -0.4 is 5.32 Å². The number of anilines is 1. The molecule has 2 amide bonds. The Bertz CT molecular complexity index is 932. The van der Waals surface area contributed by atoms with Gasteiger partial charge in [-0.15, -0.1) is 11.8 Å². The monoisotopic (exact) mass is 440 g/mol. The van der Waals surface area contributed by atoms with Gasteiger partial charge in [0.15, 0.2) is 6.61 Å². The van der Waals surface area contributed by atoms with Gasteiger partial charge < -0.3 is 15.0 Å². The minimum Gasteiger partial charge on any atom is -0.452 e. The van der Waals surface area contributed by atoms with E-state index in [-0.39, 0.29) is 17.2 Å². The van der Waals surface area contributed by atoms with Crippen molar-refractivity contribution in [3.8, 4) is 0 Å². The third-order valence-corrected chi connectivity index (χ3v) is 4.86. The molecule has 0 aliphatic carbocycles. The molecule has 0 radical (unpaired) electrons. The highest BCUT2D eigenvalue weighted by molar-refractivity contribution is 8.00. The predicted molar refractivity (Wildman–Crippen MR) is 106 cm³/mol. The second-order valence-corrected chi connectivity index (χ2v) is 7.26. The molecule has 2 rings (SSSR count). The molecule has 0 atom stereocenters.